The number of nitrogens with zero attached hydrogens (tertiary/aromatic N) is 1. The Morgan fingerprint density at radius 2 is 1.44 bits per heavy atom. The molecule has 0 aromatic rings. The lowest BCUT2D eigenvalue weighted by atomic mass is 10.1. The van der Waals surface area contributed by atoms with Crippen molar-refractivity contribution < 1.29 is 34.2 Å². The molecule has 0 aromatic carbocycles. The number of rotatable bonds is 14. The highest BCUT2D eigenvalue weighted by atomic mass is 16.4. The van der Waals surface area contributed by atoms with E-state index in [9.17, 15) is 29.1 Å². The number of aliphatic hydroxyl groups excluding tert-OH is 1. The fraction of sp³-hybridized carbons (Fsp3) is 0.647. The molecule has 15 heteroatoms. The molecule has 32 heavy (non-hydrogen) atoms. The minimum atomic E-state index is -1.49. The van der Waals surface area contributed by atoms with Gasteiger partial charge in [0.2, 0.25) is 23.6 Å². The van der Waals surface area contributed by atoms with Gasteiger partial charge in [-0.25, -0.2) is 0 Å². The quantitative estimate of drug-likeness (QED) is 0.0677. The topological polar surface area (TPSA) is 278 Å². The number of carbonyl (C=O) groups excluding carboxylic acids is 4. The largest absolute Gasteiger partial charge is 0.480 e. The summed E-state index contributed by atoms with van der Waals surface area (Å²) in [7, 11) is 0. The van der Waals surface area contributed by atoms with Gasteiger partial charge < -0.3 is 49.1 Å². The van der Waals surface area contributed by atoms with E-state index in [2.05, 4.69) is 20.9 Å². The summed E-state index contributed by atoms with van der Waals surface area (Å²) in [5.74, 6) is -5.08. The summed E-state index contributed by atoms with van der Waals surface area (Å²) in [6.07, 6.45) is -1.61. The molecule has 0 saturated heterocycles. The van der Waals surface area contributed by atoms with Crippen molar-refractivity contribution in [2.75, 3.05) is 6.54 Å². The fourth-order valence-electron chi connectivity index (χ4n) is 2.32. The van der Waals surface area contributed by atoms with E-state index >= 15 is 0 Å². The number of aliphatic carboxylic acids is 1. The lowest BCUT2D eigenvalue weighted by molar-refractivity contribution is -0.142. The molecule has 0 aromatic heterocycles. The Labute approximate surface area is 184 Å². The number of amides is 4. The van der Waals surface area contributed by atoms with Gasteiger partial charge in [0.05, 0.1) is 12.5 Å². The molecule has 0 heterocycles. The van der Waals surface area contributed by atoms with Crippen LogP contribution in [0.3, 0.4) is 0 Å². The molecule has 0 saturated carbocycles. The number of hydrogen-bond donors (Lipinski definition) is 9. The summed E-state index contributed by atoms with van der Waals surface area (Å²) in [6.45, 7) is 2.61. The van der Waals surface area contributed by atoms with Crippen LogP contribution >= 0.6 is 0 Å². The molecule has 0 bridgehead atoms. The number of nitrogens with two attached hydrogens (primary N) is 4. The van der Waals surface area contributed by atoms with Crippen molar-refractivity contribution in [3.05, 3.63) is 0 Å². The van der Waals surface area contributed by atoms with E-state index < -0.39 is 66.3 Å². The maximum atomic E-state index is 12.7. The molecule has 0 fully saturated rings. The number of aliphatic imine (C=N–C) groups is 1. The minimum Gasteiger partial charge on any atom is -0.480 e. The highest BCUT2D eigenvalue weighted by molar-refractivity contribution is 5.96. The molecule has 0 rings (SSSR count). The summed E-state index contributed by atoms with van der Waals surface area (Å²) < 4.78 is 0. The van der Waals surface area contributed by atoms with Crippen LogP contribution in [0, 0.1) is 0 Å². The van der Waals surface area contributed by atoms with Crippen LogP contribution in [0.25, 0.3) is 0 Å². The van der Waals surface area contributed by atoms with Gasteiger partial charge in [0, 0.05) is 6.54 Å². The molecule has 15 nitrogen and oxygen atoms in total. The zero-order valence-corrected chi connectivity index (χ0v) is 17.9. The third-order valence-electron chi connectivity index (χ3n) is 4.17. The van der Waals surface area contributed by atoms with E-state index in [4.69, 9.17) is 28.0 Å². The predicted octanol–water partition coefficient (Wildman–Crippen LogP) is -4.82. The fourth-order valence-corrected chi connectivity index (χ4v) is 2.32. The molecule has 13 N–H and O–H groups in total. The summed E-state index contributed by atoms with van der Waals surface area (Å²) in [6, 6.07) is -5.36. The first-order chi connectivity index (χ1) is 14.8. The molecule has 0 spiro atoms. The van der Waals surface area contributed by atoms with Gasteiger partial charge in [-0.1, -0.05) is 0 Å². The molecule has 4 amide bonds. The van der Waals surface area contributed by atoms with Crippen molar-refractivity contribution in [1.82, 2.24) is 16.0 Å². The van der Waals surface area contributed by atoms with Gasteiger partial charge in [0.1, 0.15) is 24.2 Å². The molecule has 0 aliphatic heterocycles. The smallest absolute Gasteiger partial charge is 0.325 e. The van der Waals surface area contributed by atoms with Gasteiger partial charge in [-0.2, -0.15) is 0 Å². The number of primary amides is 1. The number of guanidine groups is 1. The number of carboxylic acid groups (broad SMARTS) is 1. The van der Waals surface area contributed by atoms with Crippen LogP contribution in [-0.2, 0) is 24.0 Å². The Hall–Kier alpha value is -3.46. The van der Waals surface area contributed by atoms with Gasteiger partial charge in [0.15, 0.2) is 5.96 Å². The Bertz CT molecular complexity index is 724. The SMILES string of the molecule is CC(NC(=O)C(CCCN=C(N)N)NC(=O)C(CC(N)=O)NC(=O)C(N)C(C)O)C(=O)O. The number of carbonyl (C=O) groups is 5. The number of aliphatic hydroxyl groups is 1. The van der Waals surface area contributed by atoms with E-state index in [-0.39, 0.29) is 25.3 Å². The van der Waals surface area contributed by atoms with Crippen molar-refractivity contribution in [3.8, 4) is 0 Å². The molecular weight excluding hydrogens is 428 g/mol. The summed E-state index contributed by atoms with van der Waals surface area (Å²) >= 11 is 0. The van der Waals surface area contributed by atoms with E-state index in [1.165, 1.54) is 13.8 Å². The Morgan fingerprint density at radius 3 is 1.91 bits per heavy atom. The molecule has 182 valence electrons. The van der Waals surface area contributed by atoms with Crippen molar-refractivity contribution in [2.24, 2.45) is 27.9 Å². The third-order valence-corrected chi connectivity index (χ3v) is 4.17. The average Bonchev–Trinajstić information content (AvgIpc) is 2.67. The minimum absolute atomic E-state index is 0.00508. The van der Waals surface area contributed by atoms with Crippen LogP contribution < -0.4 is 38.9 Å². The second kappa shape index (κ2) is 13.8. The van der Waals surface area contributed by atoms with E-state index in [0.717, 1.165) is 0 Å². The maximum absolute atomic E-state index is 12.7. The maximum Gasteiger partial charge on any atom is 0.325 e. The Morgan fingerprint density at radius 1 is 0.906 bits per heavy atom. The molecule has 0 radical (unpaired) electrons. The highest BCUT2D eigenvalue weighted by Gasteiger charge is 2.30. The highest BCUT2D eigenvalue weighted by Crippen LogP contribution is 2.03. The number of hydrogen-bond acceptors (Lipinski definition) is 8. The van der Waals surface area contributed by atoms with Crippen molar-refractivity contribution in [2.45, 2.75) is 63.4 Å². The van der Waals surface area contributed by atoms with Crippen molar-refractivity contribution in [3.63, 3.8) is 0 Å². The van der Waals surface area contributed by atoms with E-state index in [1.807, 2.05) is 0 Å². The second-order valence-corrected chi connectivity index (χ2v) is 7.08. The summed E-state index contributed by atoms with van der Waals surface area (Å²) in [5.41, 5.74) is 21.1. The first kappa shape index (κ1) is 28.5. The molecule has 0 aliphatic carbocycles. The summed E-state index contributed by atoms with van der Waals surface area (Å²) in [5, 5.41) is 25.2. The van der Waals surface area contributed by atoms with Crippen LogP contribution in [0.1, 0.15) is 33.1 Å². The standard InChI is InChI=1S/C17H32N8O7/c1-7(16(31)32)23-13(28)9(4-3-5-22-17(20)21)24-14(29)10(6-11(18)27)25-15(30)12(19)8(2)26/h7-10,12,26H,3-6,19H2,1-2H3,(H2,18,27)(H,23,28)(H,24,29)(H,25,30)(H,31,32)(H4,20,21,22). The van der Waals surface area contributed by atoms with Crippen molar-refractivity contribution in [1.29, 1.82) is 0 Å². The second-order valence-electron chi connectivity index (χ2n) is 7.08. The summed E-state index contributed by atoms with van der Waals surface area (Å²) in [4.78, 5) is 63.3. The van der Waals surface area contributed by atoms with Gasteiger partial charge in [-0.15, -0.1) is 0 Å². The monoisotopic (exact) mass is 460 g/mol. The predicted molar refractivity (Wildman–Crippen MR) is 112 cm³/mol. The van der Waals surface area contributed by atoms with Gasteiger partial charge in [0.25, 0.3) is 0 Å². The number of nitrogens with one attached hydrogen (secondary N) is 3. The first-order valence-electron chi connectivity index (χ1n) is 9.67. The van der Waals surface area contributed by atoms with Crippen molar-refractivity contribution >= 4 is 35.6 Å². The van der Waals surface area contributed by atoms with Gasteiger partial charge in [-0.3, -0.25) is 29.0 Å². The van der Waals surface area contributed by atoms with Gasteiger partial charge in [-0.05, 0) is 26.7 Å². The van der Waals surface area contributed by atoms with Crippen LogP contribution in [0.2, 0.25) is 0 Å². The molecule has 5 atom stereocenters. The number of carboxylic acids is 1. The Balaban J connectivity index is 5.46. The van der Waals surface area contributed by atoms with Crippen LogP contribution in [0.4, 0.5) is 0 Å². The van der Waals surface area contributed by atoms with E-state index in [0.29, 0.717) is 0 Å². The van der Waals surface area contributed by atoms with E-state index in [1.54, 1.807) is 0 Å². The lowest BCUT2D eigenvalue weighted by Gasteiger charge is -2.24. The van der Waals surface area contributed by atoms with Crippen LogP contribution in [0.15, 0.2) is 4.99 Å². The zero-order chi connectivity index (χ0) is 25.0. The molecular formula is C17H32N8O7. The third kappa shape index (κ3) is 11.1. The van der Waals surface area contributed by atoms with Gasteiger partial charge >= 0.3 is 5.97 Å². The molecule has 0 aliphatic rings. The van der Waals surface area contributed by atoms with Crippen LogP contribution in [0.5, 0.6) is 0 Å². The Kier molecular flexibility index (Phi) is 12.3. The lowest BCUT2D eigenvalue weighted by Crippen LogP contribution is -2.58. The average molecular weight is 460 g/mol. The molecule has 5 unspecified atom stereocenters. The first-order valence-corrected chi connectivity index (χ1v) is 9.67. The normalized spacial score (nSPS) is 15.2. The zero-order valence-electron chi connectivity index (χ0n) is 17.9. The van der Waals surface area contributed by atoms with Crippen LogP contribution in [-0.4, -0.2) is 82.6 Å².